The highest BCUT2D eigenvalue weighted by atomic mass is 35.5. The van der Waals surface area contributed by atoms with Crippen LogP contribution in [0.15, 0.2) is 66.7 Å². The maximum absolute atomic E-state index is 14.3. The summed E-state index contributed by atoms with van der Waals surface area (Å²) in [5.41, 5.74) is 2.10. The van der Waals surface area contributed by atoms with E-state index < -0.39 is 47.3 Å². The zero-order valence-corrected chi connectivity index (χ0v) is 26.9. The summed E-state index contributed by atoms with van der Waals surface area (Å²) in [5, 5.41) is 5.74. The van der Waals surface area contributed by atoms with Gasteiger partial charge >= 0.3 is 12.1 Å². The molecule has 0 radical (unpaired) electrons. The van der Waals surface area contributed by atoms with Crippen molar-refractivity contribution in [2.45, 2.75) is 52.5 Å². The van der Waals surface area contributed by atoms with Gasteiger partial charge in [0.2, 0.25) is 5.91 Å². The smallest absolute Gasteiger partial charge is 0.407 e. The molecule has 0 spiro atoms. The third-order valence-electron chi connectivity index (χ3n) is 7.34. The highest BCUT2D eigenvalue weighted by molar-refractivity contribution is 6.30. The van der Waals surface area contributed by atoms with Crippen LogP contribution in [-0.4, -0.2) is 50.2 Å². The van der Waals surface area contributed by atoms with Crippen LogP contribution in [0.5, 0.6) is 0 Å². The fourth-order valence-electron chi connectivity index (χ4n) is 5.09. The van der Waals surface area contributed by atoms with E-state index in [9.17, 15) is 23.6 Å². The Morgan fingerprint density at radius 1 is 1.02 bits per heavy atom. The second-order valence-corrected chi connectivity index (χ2v) is 12.2. The van der Waals surface area contributed by atoms with Gasteiger partial charge in [0.15, 0.2) is 0 Å². The Kier molecular flexibility index (Phi) is 11.4. The molecule has 0 saturated heterocycles. The largest absolute Gasteiger partial charge is 0.465 e. The van der Waals surface area contributed by atoms with E-state index in [1.807, 2.05) is 32.0 Å². The number of alkyl carbamates (subject to hydrolysis) is 1. The molecule has 1 aliphatic rings. The van der Waals surface area contributed by atoms with Crippen LogP contribution in [0, 0.1) is 11.2 Å². The molecule has 2 unspecified atom stereocenters. The Morgan fingerprint density at radius 2 is 1.78 bits per heavy atom. The Morgan fingerprint density at radius 3 is 2.50 bits per heavy atom. The Hall–Kier alpha value is -4.48. The fourth-order valence-corrected chi connectivity index (χ4v) is 5.27. The fraction of sp³-hybridized carbons (Fsp3) is 0.353. The van der Waals surface area contributed by atoms with Crippen LogP contribution in [0.25, 0.3) is 0 Å². The number of methoxy groups -OCH3 is 1. The Balaban J connectivity index is 1.72. The van der Waals surface area contributed by atoms with Gasteiger partial charge in [-0.2, -0.15) is 0 Å². The number of esters is 1. The molecule has 244 valence electrons. The minimum Gasteiger partial charge on any atom is -0.465 e. The zero-order valence-electron chi connectivity index (χ0n) is 26.1. The first kappa shape index (κ1) is 34.4. The summed E-state index contributed by atoms with van der Waals surface area (Å²) < 4.78 is 30.7. The van der Waals surface area contributed by atoms with E-state index in [0.29, 0.717) is 27.4 Å². The number of carbonyl (C=O) groups is 4. The van der Waals surface area contributed by atoms with E-state index in [2.05, 4.69) is 15.4 Å². The summed E-state index contributed by atoms with van der Waals surface area (Å²) in [6.07, 6.45) is -3.04. The number of halogens is 2. The van der Waals surface area contributed by atoms with Crippen LogP contribution < -0.4 is 15.5 Å². The predicted octanol–water partition coefficient (Wildman–Crippen LogP) is 5.45. The summed E-state index contributed by atoms with van der Waals surface area (Å²) in [6, 6.07) is 18.4. The lowest BCUT2D eigenvalue weighted by molar-refractivity contribution is -0.144. The first-order valence-electron chi connectivity index (χ1n) is 14.7. The number of fused-ring (bicyclic) bond motifs is 1. The minimum absolute atomic E-state index is 0.0440. The lowest BCUT2D eigenvalue weighted by atomic mass is 9.92. The molecule has 0 aliphatic carbocycles. The van der Waals surface area contributed by atoms with Gasteiger partial charge in [-0.3, -0.25) is 14.4 Å². The molecule has 10 nitrogen and oxygen atoms in total. The van der Waals surface area contributed by atoms with E-state index in [1.165, 1.54) is 25.0 Å². The number of benzene rings is 3. The number of anilines is 1. The quantitative estimate of drug-likeness (QED) is 0.264. The number of ether oxygens (including phenoxy) is 3. The van der Waals surface area contributed by atoms with Crippen molar-refractivity contribution in [3.63, 3.8) is 0 Å². The molecule has 1 aliphatic heterocycles. The summed E-state index contributed by atoms with van der Waals surface area (Å²) in [7, 11) is 1.27. The first-order valence-corrected chi connectivity index (χ1v) is 15.0. The number of nitrogens with one attached hydrogen (secondary N) is 2. The van der Waals surface area contributed by atoms with Gasteiger partial charge in [-0.15, -0.1) is 0 Å². The van der Waals surface area contributed by atoms with Gasteiger partial charge < -0.3 is 29.7 Å². The van der Waals surface area contributed by atoms with E-state index in [-0.39, 0.29) is 32.7 Å². The molecule has 0 fully saturated rings. The Labute approximate surface area is 272 Å². The van der Waals surface area contributed by atoms with Gasteiger partial charge in [-0.05, 0) is 35.4 Å². The number of hydrogen-bond acceptors (Lipinski definition) is 7. The van der Waals surface area contributed by atoms with Gasteiger partial charge in [-0.25, -0.2) is 9.18 Å². The molecule has 2 N–H and O–H groups in total. The van der Waals surface area contributed by atoms with Crippen molar-refractivity contribution < 1.29 is 37.8 Å². The molecule has 3 amide bonds. The van der Waals surface area contributed by atoms with E-state index in [0.717, 1.165) is 5.56 Å². The van der Waals surface area contributed by atoms with Crippen LogP contribution >= 0.6 is 11.6 Å². The highest BCUT2D eigenvalue weighted by Gasteiger charge is 2.40. The monoisotopic (exact) mass is 653 g/mol. The SMILES string of the molecule is COC(=O)NCc1cccc(C2OC(CC(=O)NCc3ccccc3F)C(=O)N(CC(C)(C)COC(C)=O)c3ccc(Cl)cc32)c1. The molecular formula is C34H37ClFN3O7. The number of hydrogen-bond donors (Lipinski definition) is 2. The molecule has 1 heterocycles. The first-order chi connectivity index (χ1) is 21.9. The molecule has 3 aromatic rings. The molecular weight excluding hydrogens is 617 g/mol. The summed E-state index contributed by atoms with van der Waals surface area (Å²) >= 11 is 6.48. The van der Waals surface area contributed by atoms with Crippen molar-refractivity contribution in [1.29, 1.82) is 0 Å². The number of nitrogens with zero attached hydrogens (tertiary/aromatic N) is 1. The minimum atomic E-state index is -1.25. The molecule has 0 aromatic heterocycles. The third-order valence-corrected chi connectivity index (χ3v) is 7.57. The lowest BCUT2D eigenvalue weighted by Crippen LogP contribution is -2.46. The van der Waals surface area contributed by atoms with Crippen molar-refractivity contribution in [3.05, 3.63) is 99.8 Å². The van der Waals surface area contributed by atoms with Crippen molar-refractivity contribution in [3.8, 4) is 0 Å². The molecule has 46 heavy (non-hydrogen) atoms. The maximum Gasteiger partial charge on any atom is 0.407 e. The van der Waals surface area contributed by atoms with Crippen LogP contribution in [-0.2, 0) is 41.7 Å². The maximum atomic E-state index is 14.3. The molecule has 4 rings (SSSR count). The molecule has 0 bridgehead atoms. The van der Waals surface area contributed by atoms with Crippen molar-refractivity contribution in [2.24, 2.45) is 5.41 Å². The van der Waals surface area contributed by atoms with Crippen molar-refractivity contribution in [1.82, 2.24) is 10.6 Å². The highest BCUT2D eigenvalue weighted by Crippen LogP contribution is 2.41. The zero-order chi connectivity index (χ0) is 33.4. The average molecular weight is 654 g/mol. The second-order valence-electron chi connectivity index (χ2n) is 11.7. The molecule has 0 saturated carbocycles. The lowest BCUT2D eigenvalue weighted by Gasteiger charge is -2.33. The normalized spacial score (nSPS) is 16.2. The van der Waals surface area contributed by atoms with Crippen LogP contribution in [0.2, 0.25) is 5.02 Å². The predicted molar refractivity (Wildman–Crippen MR) is 169 cm³/mol. The molecule has 12 heteroatoms. The van der Waals surface area contributed by atoms with E-state index >= 15 is 0 Å². The van der Waals surface area contributed by atoms with Gasteiger partial charge in [-0.1, -0.05) is 67.9 Å². The van der Waals surface area contributed by atoms with Gasteiger partial charge in [0.1, 0.15) is 18.0 Å². The summed E-state index contributed by atoms with van der Waals surface area (Å²) in [5.74, 6) is -1.90. The van der Waals surface area contributed by atoms with Gasteiger partial charge in [0, 0.05) is 53.8 Å². The van der Waals surface area contributed by atoms with E-state index in [4.69, 9.17) is 21.1 Å². The Bertz CT molecular complexity index is 1600. The molecule has 3 aromatic carbocycles. The van der Waals surface area contributed by atoms with Crippen LogP contribution in [0.1, 0.15) is 55.5 Å². The summed E-state index contributed by atoms with van der Waals surface area (Å²) in [6.45, 7) is 5.30. The second kappa shape index (κ2) is 15.2. The van der Waals surface area contributed by atoms with E-state index in [1.54, 1.807) is 42.5 Å². The number of carbonyl (C=O) groups excluding carboxylic acids is 4. The topological polar surface area (TPSA) is 123 Å². The molecule has 2 atom stereocenters. The average Bonchev–Trinajstić information content (AvgIpc) is 3.12. The number of amides is 3. The van der Waals surface area contributed by atoms with Crippen LogP contribution in [0.3, 0.4) is 0 Å². The van der Waals surface area contributed by atoms with Gasteiger partial charge in [0.05, 0.1) is 20.1 Å². The van der Waals surface area contributed by atoms with Crippen LogP contribution in [0.4, 0.5) is 14.9 Å². The number of rotatable bonds is 11. The summed E-state index contributed by atoms with van der Waals surface area (Å²) in [4.78, 5) is 52.3. The van der Waals surface area contributed by atoms with Crippen molar-refractivity contribution in [2.75, 3.05) is 25.2 Å². The standard InChI is InChI=1S/C34H37ClFN3O7/c1-21(40)45-20-34(2,3)19-39-28-13-12-25(35)15-26(28)31(23-10-7-8-22(14-23)17-38-33(43)44-4)46-29(32(39)42)16-30(41)37-18-24-9-5-6-11-27(24)36/h5-15,29,31H,16-20H2,1-4H3,(H,37,41)(H,38,43). The third kappa shape index (κ3) is 9.04. The van der Waals surface area contributed by atoms with Gasteiger partial charge in [0.25, 0.3) is 5.91 Å². The van der Waals surface area contributed by atoms with Crippen molar-refractivity contribution >= 4 is 41.2 Å².